The van der Waals surface area contributed by atoms with Crippen LogP contribution in [-0.2, 0) is 11.3 Å². The normalized spacial score (nSPS) is 10.9. The minimum atomic E-state index is 0.119. The number of hydrogen-bond acceptors (Lipinski definition) is 4. The largest absolute Gasteiger partial charge is 0.356 e. The summed E-state index contributed by atoms with van der Waals surface area (Å²) in [4.78, 5) is 17.1. The third-order valence-corrected chi connectivity index (χ3v) is 3.59. The van der Waals surface area contributed by atoms with Gasteiger partial charge in [0.1, 0.15) is 0 Å². The molecule has 1 aromatic rings. The zero-order valence-corrected chi connectivity index (χ0v) is 12.5. The molecule has 0 fully saturated rings. The standard InChI is InChI=1S/C13H23N3OS/c1-9(2)7-15-13(17)5-6-14-8-12-10(3)16-11(4)18-12/h9,14H,5-8H2,1-4H3,(H,15,17). The maximum atomic E-state index is 11.5. The van der Waals surface area contributed by atoms with E-state index in [1.54, 1.807) is 11.3 Å². The predicted molar refractivity (Wildman–Crippen MR) is 75.8 cm³/mol. The van der Waals surface area contributed by atoms with E-state index in [9.17, 15) is 4.79 Å². The maximum Gasteiger partial charge on any atom is 0.221 e. The van der Waals surface area contributed by atoms with Crippen molar-refractivity contribution in [2.45, 2.75) is 40.7 Å². The van der Waals surface area contributed by atoms with Crippen LogP contribution in [0.1, 0.15) is 35.8 Å². The van der Waals surface area contributed by atoms with Crippen LogP contribution in [0.3, 0.4) is 0 Å². The van der Waals surface area contributed by atoms with Gasteiger partial charge in [-0.05, 0) is 19.8 Å². The van der Waals surface area contributed by atoms with Crippen LogP contribution in [-0.4, -0.2) is 24.0 Å². The topological polar surface area (TPSA) is 54.0 Å². The number of nitrogens with zero attached hydrogens (tertiary/aromatic N) is 1. The van der Waals surface area contributed by atoms with Gasteiger partial charge in [-0.15, -0.1) is 11.3 Å². The van der Waals surface area contributed by atoms with Crippen molar-refractivity contribution in [2.75, 3.05) is 13.1 Å². The first-order chi connectivity index (χ1) is 8.49. The highest BCUT2D eigenvalue weighted by molar-refractivity contribution is 7.11. The summed E-state index contributed by atoms with van der Waals surface area (Å²) < 4.78 is 0. The SMILES string of the molecule is Cc1nc(C)c(CNCCC(=O)NCC(C)C)s1. The Kier molecular flexibility index (Phi) is 6.29. The molecular weight excluding hydrogens is 246 g/mol. The van der Waals surface area contributed by atoms with E-state index in [0.717, 1.165) is 23.8 Å². The average Bonchev–Trinajstić information content (AvgIpc) is 2.60. The molecule has 1 heterocycles. The van der Waals surface area contributed by atoms with Gasteiger partial charge in [-0.2, -0.15) is 0 Å². The fourth-order valence-corrected chi connectivity index (χ4v) is 2.45. The summed E-state index contributed by atoms with van der Waals surface area (Å²) >= 11 is 1.71. The maximum absolute atomic E-state index is 11.5. The lowest BCUT2D eigenvalue weighted by molar-refractivity contribution is -0.121. The van der Waals surface area contributed by atoms with Crippen LogP contribution in [0, 0.1) is 19.8 Å². The highest BCUT2D eigenvalue weighted by Gasteiger charge is 2.05. The summed E-state index contributed by atoms with van der Waals surface area (Å²) in [7, 11) is 0. The molecule has 102 valence electrons. The van der Waals surface area contributed by atoms with Crippen molar-refractivity contribution in [1.82, 2.24) is 15.6 Å². The number of amides is 1. The number of aryl methyl sites for hydroxylation is 2. The number of aromatic nitrogens is 1. The van der Waals surface area contributed by atoms with Crippen LogP contribution in [0.15, 0.2) is 0 Å². The van der Waals surface area contributed by atoms with Crippen molar-refractivity contribution < 1.29 is 4.79 Å². The van der Waals surface area contributed by atoms with Crippen molar-refractivity contribution in [3.8, 4) is 0 Å². The van der Waals surface area contributed by atoms with Gasteiger partial charge in [-0.25, -0.2) is 4.98 Å². The van der Waals surface area contributed by atoms with Crippen LogP contribution in [0.5, 0.6) is 0 Å². The van der Waals surface area contributed by atoms with E-state index < -0.39 is 0 Å². The number of nitrogens with one attached hydrogen (secondary N) is 2. The van der Waals surface area contributed by atoms with Gasteiger partial charge in [0.25, 0.3) is 0 Å². The number of carbonyl (C=O) groups is 1. The highest BCUT2D eigenvalue weighted by atomic mass is 32.1. The van der Waals surface area contributed by atoms with Gasteiger partial charge in [-0.1, -0.05) is 13.8 Å². The first kappa shape index (κ1) is 15.1. The van der Waals surface area contributed by atoms with Gasteiger partial charge in [0.2, 0.25) is 5.91 Å². The van der Waals surface area contributed by atoms with Crippen LogP contribution < -0.4 is 10.6 Å². The zero-order valence-electron chi connectivity index (χ0n) is 11.7. The molecule has 4 nitrogen and oxygen atoms in total. The van der Waals surface area contributed by atoms with Crippen molar-refractivity contribution in [3.63, 3.8) is 0 Å². The van der Waals surface area contributed by atoms with Crippen molar-refractivity contribution in [3.05, 3.63) is 15.6 Å². The lowest BCUT2D eigenvalue weighted by Gasteiger charge is -2.08. The second-order valence-corrected chi connectivity index (χ2v) is 6.15. The lowest BCUT2D eigenvalue weighted by atomic mass is 10.2. The summed E-state index contributed by atoms with van der Waals surface area (Å²) in [6.45, 7) is 10.5. The Labute approximate surface area is 113 Å². The van der Waals surface area contributed by atoms with Gasteiger partial charge in [0.05, 0.1) is 10.7 Å². The Morgan fingerprint density at radius 2 is 2.11 bits per heavy atom. The molecule has 0 saturated heterocycles. The molecule has 0 aromatic carbocycles. The molecule has 1 aromatic heterocycles. The summed E-state index contributed by atoms with van der Waals surface area (Å²) in [5.41, 5.74) is 1.09. The molecule has 0 spiro atoms. The molecule has 18 heavy (non-hydrogen) atoms. The number of carbonyl (C=O) groups excluding carboxylic acids is 1. The zero-order chi connectivity index (χ0) is 13.5. The van der Waals surface area contributed by atoms with Crippen LogP contribution in [0.25, 0.3) is 0 Å². The fourth-order valence-electron chi connectivity index (χ4n) is 1.55. The van der Waals surface area contributed by atoms with E-state index >= 15 is 0 Å². The Balaban J connectivity index is 2.15. The molecule has 1 rings (SSSR count). The summed E-state index contributed by atoms with van der Waals surface area (Å²) in [5.74, 6) is 0.623. The van der Waals surface area contributed by atoms with Gasteiger partial charge in [-0.3, -0.25) is 4.79 Å². The van der Waals surface area contributed by atoms with Crippen molar-refractivity contribution >= 4 is 17.2 Å². The van der Waals surface area contributed by atoms with E-state index in [-0.39, 0.29) is 5.91 Å². The third kappa shape index (κ3) is 5.60. The molecule has 0 unspecified atom stereocenters. The molecule has 0 radical (unpaired) electrons. The monoisotopic (exact) mass is 269 g/mol. The quantitative estimate of drug-likeness (QED) is 0.745. The first-order valence-corrected chi connectivity index (χ1v) is 7.21. The Morgan fingerprint density at radius 3 is 2.67 bits per heavy atom. The van der Waals surface area contributed by atoms with E-state index in [1.165, 1.54) is 4.88 Å². The minimum Gasteiger partial charge on any atom is -0.356 e. The fraction of sp³-hybridized carbons (Fsp3) is 0.692. The highest BCUT2D eigenvalue weighted by Crippen LogP contribution is 2.16. The van der Waals surface area contributed by atoms with Crippen molar-refractivity contribution in [2.24, 2.45) is 5.92 Å². The van der Waals surface area contributed by atoms with Crippen LogP contribution in [0.2, 0.25) is 0 Å². The molecule has 0 saturated carbocycles. The van der Waals surface area contributed by atoms with Gasteiger partial charge in [0, 0.05) is 30.9 Å². The van der Waals surface area contributed by atoms with E-state index in [2.05, 4.69) is 29.5 Å². The molecule has 1 amide bonds. The van der Waals surface area contributed by atoms with E-state index in [0.29, 0.717) is 18.9 Å². The smallest absolute Gasteiger partial charge is 0.221 e. The van der Waals surface area contributed by atoms with Gasteiger partial charge in [0.15, 0.2) is 0 Å². The molecule has 0 aliphatic carbocycles. The molecule has 0 aliphatic heterocycles. The van der Waals surface area contributed by atoms with E-state index in [1.807, 2.05) is 13.8 Å². The van der Waals surface area contributed by atoms with Crippen molar-refractivity contribution in [1.29, 1.82) is 0 Å². The van der Waals surface area contributed by atoms with Gasteiger partial charge < -0.3 is 10.6 Å². The molecule has 5 heteroatoms. The Bertz CT molecular complexity index is 388. The second-order valence-electron chi connectivity index (χ2n) is 4.87. The van der Waals surface area contributed by atoms with Crippen LogP contribution >= 0.6 is 11.3 Å². The second kappa shape index (κ2) is 7.48. The molecular formula is C13H23N3OS. The Hall–Kier alpha value is -0.940. The predicted octanol–water partition coefficient (Wildman–Crippen LogP) is 2.01. The first-order valence-electron chi connectivity index (χ1n) is 6.39. The molecule has 2 N–H and O–H groups in total. The average molecular weight is 269 g/mol. The molecule has 0 atom stereocenters. The Morgan fingerprint density at radius 1 is 1.39 bits per heavy atom. The summed E-state index contributed by atoms with van der Waals surface area (Å²) in [6, 6.07) is 0. The molecule has 0 aliphatic rings. The van der Waals surface area contributed by atoms with E-state index in [4.69, 9.17) is 0 Å². The number of hydrogen-bond donors (Lipinski definition) is 2. The van der Waals surface area contributed by atoms with Gasteiger partial charge >= 0.3 is 0 Å². The van der Waals surface area contributed by atoms with Crippen LogP contribution in [0.4, 0.5) is 0 Å². The third-order valence-electron chi connectivity index (χ3n) is 2.52. The summed E-state index contributed by atoms with van der Waals surface area (Å²) in [6.07, 6.45) is 0.531. The summed E-state index contributed by atoms with van der Waals surface area (Å²) in [5, 5.41) is 7.29. The molecule has 0 bridgehead atoms. The minimum absolute atomic E-state index is 0.119. The number of thiazole rings is 1. The number of rotatable bonds is 7. The lowest BCUT2D eigenvalue weighted by Crippen LogP contribution is -2.30.